The molecule has 0 bridgehead atoms. The van der Waals surface area contributed by atoms with E-state index in [1.165, 1.54) is 4.90 Å². The van der Waals surface area contributed by atoms with Crippen LogP contribution in [0.1, 0.15) is 19.3 Å². The van der Waals surface area contributed by atoms with E-state index in [-0.39, 0.29) is 6.42 Å². The molecule has 3 nitrogen and oxygen atoms in total. The van der Waals surface area contributed by atoms with E-state index in [0.717, 1.165) is 18.6 Å². The molecule has 14 heavy (non-hydrogen) atoms. The van der Waals surface area contributed by atoms with Crippen LogP contribution in [0.4, 0.5) is 0 Å². The van der Waals surface area contributed by atoms with Gasteiger partial charge < -0.3 is 5.11 Å². The lowest BCUT2D eigenvalue weighted by Gasteiger charge is -1.99. The first-order chi connectivity index (χ1) is 6.79. The van der Waals surface area contributed by atoms with E-state index in [2.05, 4.69) is 4.98 Å². The molecule has 1 rings (SSSR count). The molecule has 0 amide bonds. The Hall–Kier alpha value is -1.03. The van der Waals surface area contributed by atoms with Gasteiger partial charge in [-0.1, -0.05) is 0 Å². The summed E-state index contributed by atoms with van der Waals surface area (Å²) in [5.41, 5.74) is 0. The van der Waals surface area contributed by atoms with Gasteiger partial charge in [0.15, 0.2) is 0 Å². The molecule has 4 heteroatoms. The van der Waals surface area contributed by atoms with Crippen LogP contribution in [0.2, 0.25) is 0 Å². The van der Waals surface area contributed by atoms with Crippen molar-refractivity contribution >= 4 is 17.7 Å². The fraction of sp³-hybridized carbons (Fsp3) is 0.400. The molecular weight excluding hydrogens is 198 g/mol. The van der Waals surface area contributed by atoms with Crippen molar-refractivity contribution in [1.82, 2.24) is 4.98 Å². The number of unbranched alkanes of at least 4 members (excludes halogenated alkanes) is 1. The quantitative estimate of drug-likeness (QED) is 0.580. The molecule has 0 fully saturated rings. The number of thioether (sulfide) groups is 1. The van der Waals surface area contributed by atoms with E-state index in [9.17, 15) is 4.79 Å². The molecule has 0 saturated heterocycles. The lowest BCUT2D eigenvalue weighted by molar-refractivity contribution is -0.137. The topological polar surface area (TPSA) is 50.2 Å². The van der Waals surface area contributed by atoms with Gasteiger partial charge in [-0.15, -0.1) is 11.8 Å². The van der Waals surface area contributed by atoms with Crippen molar-refractivity contribution in [2.45, 2.75) is 24.2 Å². The Morgan fingerprint density at radius 2 is 2.07 bits per heavy atom. The number of aromatic nitrogens is 1. The van der Waals surface area contributed by atoms with Gasteiger partial charge in [0.25, 0.3) is 0 Å². The molecular formula is C10H13NO2S. The zero-order chi connectivity index (χ0) is 10.2. The average Bonchev–Trinajstić information content (AvgIpc) is 2.18. The Morgan fingerprint density at radius 3 is 2.71 bits per heavy atom. The monoisotopic (exact) mass is 211 g/mol. The minimum absolute atomic E-state index is 0.275. The van der Waals surface area contributed by atoms with Gasteiger partial charge in [0.2, 0.25) is 0 Å². The van der Waals surface area contributed by atoms with Crippen molar-refractivity contribution in [3.63, 3.8) is 0 Å². The molecule has 1 N–H and O–H groups in total. The molecule has 0 saturated carbocycles. The number of pyridine rings is 1. The van der Waals surface area contributed by atoms with Gasteiger partial charge in [-0.2, -0.15) is 0 Å². The largest absolute Gasteiger partial charge is 0.481 e. The zero-order valence-corrected chi connectivity index (χ0v) is 8.67. The number of rotatable bonds is 6. The predicted octanol–water partition coefficient (Wildman–Crippen LogP) is 2.43. The Bertz CT molecular complexity index is 277. The number of hydrogen-bond acceptors (Lipinski definition) is 3. The minimum atomic E-state index is -0.709. The molecule has 0 spiro atoms. The predicted molar refractivity (Wildman–Crippen MR) is 56.4 cm³/mol. The second kappa shape index (κ2) is 6.43. The number of carbonyl (C=O) groups is 1. The summed E-state index contributed by atoms with van der Waals surface area (Å²) in [4.78, 5) is 15.3. The normalized spacial score (nSPS) is 10.0. The SMILES string of the molecule is O=C(O)CCCCSc1ccncc1. The molecule has 0 aliphatic carbocycles. The Morgan fingerprint density at radius 1 is 1.36 bits per heavy atom. The van der Waals surface area contributed by atoms with Crippen LogP contribution in [0.15, 0.2) is 29.4 Å². The smallest absolute Gasteiger partial charge is 0.303 e. The Labute approximate surface area is 87.6 Å². The fourth-order valence-corrected chi connectivity index (χ4v) is 1.90. The number of hydrogen-bond donors (Lipinski definition) is 1. The maximum Gasteiger partial charge on any atom is 0.303 e. The lowest BCUT2D eigenvalue weighted by atomic mass is 10.3. The standard InChI is InChI=1S/C10H13NO2S/c12-10(13)3-1-2-8-14-9-4-6-11-7-5-9/h4-7H,1-3,8H2,(H,12,13). The second-order valence-corrected chi connectivity index (χ2v) is 4.05. The summed E-state index contributed by atoms with van der Waals surface area (Å²) in [5, 5.41) is 8.41. The number of carboxylic acid groups (broad SMARTS) is 1. The van der Waals surface area contributed by atoms with Crippen molar-refractivity contribution in [1.29, 1.82) is 0 Å². The second-order valence-electron chi connectivity index (χ2n) is 2.88. The van der Waals surface area contributed by atoms with E-state index < -0.39 is 5.97 Å². The molecule has 1 aromatic rings. The van der Waals surface area contributed by atoms with Crippen LogP contribution in [-0.2, 0) is 4.79 Å². The number of aliphatic carboxylic acids is 1. The molecule has 0 radical (unpaired) electrons. The summed E-state index contributed by atoms with van der Waals surface area (Å²) < 4.78 is 0. The van der Waals surface area contributed by atoms with Gasteiger partial charge >= 0.3 is 5.97 Å². The molecule has 0 aliphatic rings. The van der Waals surface area contributed by atoms with Gasteiger partial charge in [0.1, 0.15) is 0 Å². The summed E-state index contributed by atoms with van der Waals surface area (Å²) in [6.07, 6.45) is 5.50. The highest BCUT2D eigenvalue weighted by Crippen LogP contribution is 2.17. The zero-order valence-electron chi connectivity index (χ0n) is 7.85. The molecule has 0 atom stereocenters. The van der Waals surface area contributed by atoms with Crippen molar-refractivity contribution in [2.24, 2.45) is 0 Å². The summed E-state index contributed by atoms with van der Waals surface area (Å²) in [5.74, 6) is 0.260. The molecule has 0 aromatic carbocycles. The van der Waals surface area contributed by atoms with Crippen LogP contribution in [-0.4, -0.2) is 21.8 Å². The van der Waals surface area contributed by atoms with Crippen molar-refractivity contribution in [3.8, 4) is 0 Å². The maximum absolute atomic E-state index is 10.2. The van der Waals surface area contributed by atoms with Crippen LogP contribution in [0.3, 0.4) is 0 Å². The van der Waals surface area contributed by atoms with Gasteiger partial charge in [-0.25, -0.2) is 0 Å². The van der Waals surface area contributed by atoms with Crippen molar-refractivity contribution < 1.29 is 9.90 Å². The third-order valence-electron chi connectivity index (χ3n) is 1.70. The summed E-state index contributed by atoms with van der Waals surface area (Å²) in [6, 6.07) is 3.92. The van der Waals surface area contributed by atoms with Gasteiger partial charge in [0, 0.05) is 23.7 Å². The van der Waals surface area contributed by atoms with Crippen LogP contribution >= 0.6 is 11.8 Å². The first-order valence-electron chi connectivity index (χ1n) is 4.53. The molecule has 1 heterocycles. The van der Waals surface area contributed by atoms with Crippen LogP contribution in [0.5, 0.6) is 0 Å². The molecule has 1 aromatic heterocycles. The van der Waals surface area contributed by atoms with Crippen molar-refractivity contribution in [3.05, 3.63) is 24.5 Å². The van der Waals surface area contributed by atoms with Gasteiger partial charge in [-0.3, -0.25) is 9.78 Å². The Kier molecular flexibility index (Phi) is 5.07. The van der Waals surface area contributed by atoms with E-state index >= 15 is 0 Å². The number of carboxylic acids is 1. The highest BCUT2D eigenvalue weighted by molar-refractivity contribution is 7.99. The van der Waals surface area contributed by atoms with Crippen molar-refractivity contribution in [2.75, 3.05) is 5.75 Å². The van der Waals surface area contributed by atoms with E-state index in [1.807, 2.05) is 12.1 Å². The third-order valence-corrected chi connectivity index (χ3v) is 2.80. The molecule has 0 aliphatic heterocycles. The summed E-state index contributed by atoms with van der Waals surface area (Å²) in [6.45, 7) is 0. The highest BCUT2D eigenvalue weighted by Gasteiger charge is 1.97. The minimum Gasteiger partial charge on any atom is -0.481 e. The van der Waals surface area contributed by atoms with E-state index in [0.29, 0.717) is 0 Å². The van der Waals surface area contributed by atoms with Crippen LogP contribution in [0, 0.1) is 0 Å². The fourth-order valence-electron chi connectivity index (χ4n) is 1.00. The summed E-state index contributed by atoms with van der Waals surface area (Å²) >= 11 is 1.74. The van der Waals surface area contributed by atoms with E-state index in [4.69, 9.17) is 5.11 Å². The van der Waals surface area contributed by atoms with E-state index in [1.54, 1.807) is 24.2 Å². The third kappa shape index (κ3) is 4.87. The first-order valence-corrected chi connectivity index (χ1v) is 5.52. The van der Waals surface area contributed by atoms with Gasteiger partial charge in [0.05, 0.1) is 0 Å². The molecule has 76 valence electrons. The average molecular weight is 211 g/mol. The molecule has 0 unspecified atom stereocenters. The Balaban J connectivity index is 2.08. The van der Waals surface area contributed by atoms with Gasteiger partial charge in [-0.05, 0) is 30.7 Å². The van der Waals surface area contributed by atoms with Crippen LogP contribution < -0.4 is 0 Å². The maximum atomic E-state index is 10.2. The summed E-state index contributed by atoms with van der Waals surface area (Å²) in [7, 11) is 0. The number of nitrogens with zero attached hydrogens (tertiary/aromatic N) is 1. The highest BCUT2D eigenvalue weighted by atomic mass is 32.2. The lowest BCUT2D eigenvalue weighted by Crippen LogP contribution is -1.94. The first kappa shape index (κ1) is 11.0. The van der Waals surface area contributed by atoms with Crippen LogP contribution in [0.25, 0.3) is 0 Å².